The average molecular weight is 1140 g/mol. The number of aromatic hydroxyl groups is 3. The fourth-order valence-electron chi connectivity index (χ4n) is 4.70. The van der Waals surface area contributed by atoms with E-state index in [1.165, 1.54) is 24.3 Å². The summed E-state index contributed by atoms with van der Waals surface area (Å²) < 4.78 is 20.5. The molecule has 0 aromatic heterocycles. The van der Waals surface area contributed by atoms with Crippen LogP contribution in [0.1, 0.15) is 114 Å². The average Bonchev–Trinajstić information content (AvgIpc) is 3.31. The van der Waals surface area contributed by atoms with Gasteiger partial charge in [0.1, 0.15) is 28.4 Å². The Morgan fingerprint density at radius 1 is 0.520 bits per heavy atom. The maximum absolute atomic E-state index is 11.8. The number of phenolic OH excluding ortho intramolecular Hbond substituents is 2. The van der Waals surface area contributed by atoms with Crippen molar-refractivity contribution in [3.05, 3.63) is 114 Å². The normalized spacial score (nSPS) is 9.80. The molecular formula is C53H88N6O15Y. The van der Waals surface area contributed by atoms with Crippen molar-refractivity contribution in [3.63, 3.8) is 0 Å². The van der Waals surface area contributed by atoms with Crippen molar-refractivity contribution in [3.8, 4) is 17.2 Å². The van der Waals surface area contributed by atoms with Crippen molar-refractivity contribution >= 4 is 35.8 Å². The monoisotopic (exact) mass is 1140 g/mol. The van der Waals surface area contributed by atoms with E-state index in [4.69, 9.17) is 45.7 Å². The Morgan fingerprint density at radius 3 is 1.20 bits per heavy atom. The van der Waals surface area contributed by atoms with Crippen LogP contribution < -0.4 is 32.7 Å². The van der Waals surface area contributed by atoms with Crippen LogP contribution in [0.2, 0.25) is 0 Å². The first-order valence-corrected chi connectivity index (χ1v) is 22.9. The number of para-hydroxylation sites is 3. The second-order valence-electron chi connectivity index (χ2n) is 15.1. The Morgan fingerprint density at radius 2 is 0.867 bits per heavy atom. The molecule has 3 rings (SSSR count). The summed E-state index contributed by atoms with van der Waals surface area (Å²) in [4.78, 5) is 65.9. The Balaban J connectivity index is -0.000000204. The van der Waals surface area contributed by atoms with Gasteiger partial charge in [-0.1, -0.05) is 96.8 Å². The largest absolute Gasteiger partial charge is 0.507 e. The van der Waals surface area contributed by atoms with Crippen LogP contribution in [0.4, 0.5) is 4.79 Å². The third-order valence-electron chi connectivity index (χ3n) is 7.90. The second-order valence-corrected chi connectivity index (χ2v) is 15.1. The van der Waals surface area contributed by atoms with Crippen LogP contribution in [0.25, 0.3) is 0 Å². The molecular weight excluding hydrogens is 1050 g/mol. The number of amides is 4. The first-order chi connectivity index (χ1) is 33.8. The maximum atomic E-state index is 11.8. The summed E-state index contributed by atoms with van der Waals surface area (Å²) in [6, 6.07) is 18.6. The molecule has 423 valence electrons. The fourth-order valence-corrected chi connectivity index (χ4v) is 4.70. The molecule has 13 N–H and O–H groups in total. The van der Waals surface area contributed by atoms with Gasteiger partial charge < -0.3 is 77.2 Å². The van der Waals surface area contributed by atoms with Gasteiger partial charge >= 0.3 is 18.0 Å². The molecule has 22 heteroatoms. The molecule has 0 saturated carbocycles. The number of hydrogen-bond donors (Lipinski definition) is 11. The van der Waals surface area contributed by atoms with Gasteiger partial charge in [0.2, 0.25) is 5.91 Å². The molecule has 1 radical (unpaired) electrons. The number of carboxylic acid groups (broad SMARTS) is 2. The summed E-state index contributed by atoms with van der Waals surface area (Å²) in [6.45, 7) is 14.6. The zero-order valence-corrected chi connectivity index (χ0v) is 44.9. The third-order valence-corrected chi connectivity index (χ3v) is 7.90. The van der Waals surface area contributed by atoms with E-state index in [9.17, 15) is 39.0 Å². The number of carboxylic acids is 2. The quantitative estimate of drug-likeness (QED) is 0.0314. The SMILES string of the molecule is C.C.C.CC(C)(C)OC(=O)NCCOCCN.CC/C=C\CC(=O)NCCOCCNC(=O)c1ccccc1O.CC/C=C\CC(=O)O.NCCOCCNC(=O)c1ccccc1O.O=C(O)c1ccccc1O.[Y]. The standard InChI is InChI=1S/C17H24N2O4.C11H16N2O3.C9H20N2O3.C7H6O3.C6H10O2.3CH4.Y/c1-2-3-4-9-16(21)18-10-12-23-13-11-19-17(22)14-7-5-6-8-15(14)20;12-5-7-16-8-6-13-11(15)9-3-1-2-4-10(9)14;1-9(2,3)14-8(12)11-5-7-13-6-4-10;8-6-4-2-1-3-5(6)7(9)10;1-2-3-4-5-6(7)8;;;;/h3-8,20H,2,9-13H2,1H3,(H,18,21)(H,19,22);1-4,14H,5-8,12H2,(H,13,15);4-7,10H2,1-3H3,(H,11,12);1-4,8H,(H,9,10);3-4H,2,5H2,1H3,(H,7,8);3*1H4;/b4-3-;;;;4-3-;;;;. The Kier molecular flexibility index (Phi) is 56.8. The number of allylic oxidation sites excluding steroid dienone is 2. The van der Waals surface area contributed by atoms with Crippen LogP contribution in [0, 0.1) is 0 Å². The number of carbonyl (C=O) groups excluding carboxylic acids is 4. The minimum Gasteiger partial charge on any atom is -0.507 e. The van der Waals surface area contributed by atoms with Crippen LogP contribution in [0.15, 0.2) is 97.1 Å². The van der Waals surface area contributed by atoms with Crippen molar-refractivity contribution < 1.29 is 106 Å². The molecule has 0 unspecified atom stereocenters. The number of benzene rings is 3. The topological polar surface area (TPSA) is 341 Å². The van der Waals surface area contributed by atoms with Crippen LogP contribution in [-0.2, 0) is 61.2 Å². The first-order valence-electron chi connectivity index (χ1n) is 22.9. The number of nitrogens with two attached hydrogens (primary N) is 2. The second kappa shape index (κ2) is 52.9. The van der Waals surface area contributed by atoms with Gasteiger partial charge in [0.05, 0.1) is 57.2 Å². The molecule has 21 nitrogen and oxygen atoms in total. The van der Waals surface area contributed by atoms with E-state index in [2.05, 4.69) is 21.3 Å². The zero-order valence-electron chi connectivity index (χ0n) is 42.1. The molecule has 75 heavy (non-hydrogen) atoms. The maximum Gasteiger partial charge on any atom is 0.407 e. The summed E-state index contributed by atoms with van der Waals surface area (Å²) in [5, 5.41) is 55.0. The summed E-state index contributed by atoms with van der Waals surface area (Å²) in [7, 11) is 0. The summed E-state index contributed by atoms with van der Waals surface area (Å²) in [6.07, 6.45) is 9.22. The van der Waals surface area contributed by atoms with Crippen LogP contribution in [0.5, 0.6) is 17.2 Å². The van der Waals surface area contributed by atoms with Gasteiger partial charge in [-0.2, -0.15) is 0 Å². The first kappa shape index (κ1) is 80.4. The predicted molar refractivity (Wildman–Crippen MR) is 290 cm³/mol. The van der Waals surface area contributed by atoms with E-state index >= 15 is 0 Å². The van der Waals surface area contributed by atoms with E-state index in [1.54, 1.807) is 54.6 Å². The van der Waals surface area contributed by atoms with Gasteiger partial charge in [0.25, 0.3) is 11.8 Å². The van der Waals surface area contributed by atoms with Gasteiger partial charge in [-0.05, 0) is 70.0 Å². The van der Waals surface area contributed by atoms with Gasteiger partial charge in [0, 0.05) is 78.4 Å². The van der Waals surface area contributed by atoms with Crippen molar-refractivity contribution in [2.24, 2.45) is 11.5 Å². The number of hydrogen-bond acceptors (Lipinski definition) is 15. The zero-order chi connectivity index (χ0) is 53.7. The number of aromatic carboxylic acids is 1. The molecule has 4 amide bonds. The molecule has 0 aliphatic heterocycles. The van der Waals surface area contributed by atoms with Crippen molar-refractivity contribution in [1.29, 1.82) is 0 Å². The van der Waals surface area contributed by atoms with Gasteiger partial charge in [0.15, 0.2) is 0 Å². The molecule has 0 fully saturated rings. The number of nitrogens with one attached hydrogen (secondary N) is 4. The number of alkyl carbamates (subject to hydrolysis) is 1. The number of phenols is 3. The number of carbonyl (C=O) groups is 6. The van der Waals surface area contributed by atoms with Gasteiger partial charge in [-0.3, -0.25) is 19.2 Å². The molecule has 0 saturated heterocycles. The predicted octanol–water partition coefficient (Wildman–Crippen LogP) is 6.62. The number of rotatable bonds is 25. The number of aliphatic carboxylic acids is 1. The summed E-state index contributed by atoms with van der Waals surface area (Å²) in [5.74, 6) is -2.85. The minimum atomic E-state index is -1.11. The molecule has 0 heterocycles. The molecule has 3 aromatic carbocycles. The molecule has 0 bridgehead atoms. The third kappa shape index (κ3) is 48.7. The van der Waals surface area contributed by atoms with Crippen molar-refractivity contribution in [1.82, 2.24) is 21.3 Å². The van der Waals surface area contributed by atoms with Crippen LogP contribution >= 0.6 is 0 Å². The molecule has 3 aromatic rings. The smallest absolute Gasteiger partial charge is 0.407 e. The fraction of sp³-hybridized carbons (Fsp3) is 0.472. The van der Waals surface area contributed by atoms with E-state index in [0.717, 1.165) is 12.8 Å². The van der Waals surface area contributed by atoms with Crippen molar-refractivity contribution in [2.75, 3.05) is 78.9 Å². The summed E-state index contributed by atoms with van der Waals surface area (Å²) in [5.41, 5.74) is 10.4. The molecule has 0 atom stereocenters. The van der Waals surface area contributed by atoms with Crippen molar-refractivity contribution in [2.45, 2.75) is 88.2 Å². The Bertz CT molecular complexity index is 2020. The van der Waals surface area contributed by atoms with E-state index in [0.29, 0.717) is 85.3 Å². The molecule has 0 aliphatic rings. The van der Waals surface area contributed by atoms with E-state index < -0.39 is 23.6 Å². The van der Waals surface area contributed by atoms with Crippen LogP contribution in [-0.4, -0.2) is 146 Å². The minimum absolute atomic E-state index is 0. The Hall–Kier alpha value is -5.94. The molecule has 0 spiro atoms. The van der Waals surface area contributed by atoms with Gasteiger partial charge in [-0.15, -0.1) is 0 Å². The van der Waals surface area contributed by atoms with E-state index in [1.807, 2.05) is 52.8 Å². The van der Waals surface area contributed by atoms with Crippen LogP contribution in [0.3, 0.4) is 0 Å². The van der Waals surface area contributed by atoms with E-state index in [-0.39, 0.29) is 113 Å². The number of ether oxygens (including phenoxy) is 4. The van der Waals surface area contributed by atoms with Gasteiger partial charge in [-0.25, -0.2) is 9.59 Å². The molecule has 0 aliphatic carbocycles. The Labute approximate surface area is 470 Å². The summed E-state index contributed by atoms with van der Waals surface area (Å²) >= 11 is 0.